The van der Waals surface area contributed by atoms with Crippen molar-refractivity contribution >= 4 is 50.6 Å². The van der Waals surface area contributed by atoms with Gasteiger partial charge in [-0.1, -0.05) is 11.6 Å². The van der Waals surface area contributed by atoms with Crippen LogP contribution in [0.1, 0.15) is 0 Å². The molecule has 1 fully saturated rings. The predicted octanol–water partition coefficient (Wildman–Crippen LogP) is 4.70. The number of nitrogens with zero attached hydrogens (tertiary/aromatic N) is 3. The number of aromatic amines is 2. The maximum Gasteiger partial charge on any atom is 0.261 e. The lowest BCUT2D eigenvalue weighted by atomic mass is 10.1. The van der Waals surface area contributed by atoms with Crippen molar-refractivity contribution in [2.45, 2.75) is 0 Å². The van der Waals surface area contributed by atoms with Crippen molar-refractivity contribution < 1.29 is 4.74 Å². The van der Waals surface area contributed by atoms with Gasteiger partial charge in [0.25, 0.3) is 5.56 Å². The number of benzene rings is 2. The number of aromatic nitrogens is 4. The number of nitrogens with one attached hydrogen (secondary N) is 3. The maximum atomic E-state index is 13.3. The monoisotopic (exact) mass is 472 g/mol. The Morgan fingerprint density at radius 3 is 2.59 bits per heavy atom. The molecule has 1 aliphatic heterocycles. The summed E-state index contributed by atoms with van der Waals surface area (Å²) >= 11 is 6.32. The lowest BCUT2D eigenvalue weighted by Gasteiger charge is -2.28. The van der Waals surface area contributed by atoms with E-state index in [-0.39, 0.29) is 5.56 Å². The van der Waals surface area contributed by atoms with Crippen molar-refractivity contribution in [1.29, 1.82) is 0 Å². The van der Waals surface area contributed by atoms with Crippen molar-refractivity contribution in [2.24, 2.45) is 0 Å². The van der Waals surface area contributed by atoms with E-state index in [9.17, 15) is 4.79 Å². The molecule has 6 rings (SSSR count). The zero-order valence-electron chi connectivity index (χ0n) is 18.1. The minimum absolute atomic E-state index is 0.251. The second kappa shape index (κ2) is 8.48. The summed E-state index contributed by atoms with van der Waals surface area (Å²) in [5.41, 5.74) is 5.00. The molecule has 1 aliphatic rings. The molecule has 1 saturated heterocycles. The number of halogens is 1. The lowest BCUT2D eigenvalue weighted by Crippen LogP contribution is -2.36. The van der Waals surface area contributed by atoms with Crippen LogP contribution in [0.15, 0.2) is 65.7 Å². The Labute approximate surface area is 199 Å². The molecule has 0 aliphatic carbocycles. The van der Waals surface area contributed by atoms with Crippen LogP contribution in [0.4, 0.5) is 17.1 Å². The molecule has 0 atom stereocenters. The average molecular weight is 473 g/mol. The highest BCUT2D eigenvalue weighted by molar-refractivity contribution is 6.31. The molecule has 0 unspecified atom stereocenters. The van der Waals surface area contributed by atoms with Crippen LogP contribution in [0.5, 0.6) is 0 Å². The van der Waals surface area contributed by atoms with Crippen molar-refractivity contribution in [2.75, 3.05) is 36.5 Å². The third-order valence-corrected chi connectivity index (χ3v) is 6.24. The van der Waals surface area contributed by atoms with E-state index in [0.29, 0.717) is 40.8 Å². The van der Waals surface area contributed by atoms with Gasteiger partial charge in [0.15, 0.2) is 0 Å². The number of imidazole rings is 1. The second-order valence-electron chi connectivity index (χ2n) is 8.14. The number of rotatable bonds is 4. The highest BCUT2D eigenvalue weighted by atomic mass is 35.5. The summed E-state index contributed by atoms with van der Waals surface area (Å²) in [6, 6.07) is 15.2. The Morgan fingerprint density at radius 2 is 1.76 bits per heavy atom. The number of morpholine rings is 1. The second-order valence-corrected chi connectivity index (χ2v) is 8.58. The standard InChI is InChI=1S/C25H21ClN6O2/c26-15-1-3-19-18(13-15)23(28-16-5-7-27-8-6-16)22(25(33)31-19)24-29-20-4-2-17(14-21(20)30-24)32-9-11-34-12-10-32/h1-8,13-14H,9-12H2,(H,29,30)(H2,27,28,31,33). The van der Waals surface area contributed by atoms with Crippen LogP contribution >= 0.6 is 11.6 Å². The van der Waals surface area contributed by atoms with Gasteiger partial charge in [0.2, 0.25) is 0 Å². The topological polar surface area (TPSA) is 98.9 Å². The smallest absolute Gasteiger partial charge is 0.261 e. The molecular formula is C25H21ClN6O2. The van der Waals surface area contributed by atoms with Crippen molar-refractivity contribution in [3.05, 3.63) is 76.3 Å². The van der Waals surface area contributed by atoms with Crippen LogP contribution in [-0.4, -0.2) is 46.2 Å². The Hall–Kier alpha value is -3.88. The van der Waals surface area contributed by atoms with Crippen LogP contribution in [0.2, 0.25) is 5.02 Å². The summed E-state index contributed by atoms with van der Waals surface area (Å²) in [7, 11) is 0. The van der Waals surface area contributed by atoms with Crippen LogP contribution in [-0.2, 0) is 4.74 Å². The molecule has 2 aromatic carbocycles. The van der Waals surface area contributed by atoms with Gasteiger partial charge < -0.3 is 24.9 Å². The van der Waals surface area contributed by atoms with Crippen LogP contribution in [0.3, 0.4) is 0 Å². The fourth-order valence-electron chi connectivity index (χ4n) is 4.33. The summed E-state index contributed by atoms with van der Waals surface area (Å²) in [4.78, 5) is 30.8. The summed E-state index contributed by atoms with van der Waals surface area (Å²) in [6.45, 7) is 3.10. The molecule has 3 aromatic heterocycles. The third kappa shape index (κ3) is 3.76. The van der Waals surface area contributed by atoms with Crippen LogP contribution < -0.4 is 15.8 Å². The Balaban J connectivity index is 1.52. The van der Waals surface area contributed by atoms with E-state index in [1.54, 1.807) is 24.5 Å². The van der Waals surface area contributed by atoms with Gasteiger partial charge in [-0.2, -0.15) is 0 Å². The first-order chi connectivity index (χ1) is 16.7. The van der Waals surface area contributed by atoms with Gasteiger partial charge in [-0.05, 0) is 48.5 Å². The molecule has 170 valence electrons. The Kier molecular flexibility index (Phi) is 5.16. The van der Waals surface area contributed by atoms with E-state index < -0.39 is 0 Å². The van der Waals surface area contributed by atoms with Crippen molar-refractivity contribution in [3.8, 4) is 11.4 Å². The molecule has 4 heterocycles. The molecule has 3 N–H and O–H groups in total. The van der Waals surface area contributed by atoms with Crippen LogP contribution in [0.25, 0.3) is 33.3 Å². The first-order valence-electron chi connectivity index (χ1n) is 11.0. The fraction of sp³-hybridized carbons (Fsp3) is 0.160. The fourth-order valence-corrected chi connectivity index (χ4v) is 4.50. The van der Waals surface area contributed by atoms with E-state index in [0.717, 1.165) is 40.9 Å². The third-order valence-electron chi connectivity index (χ3n) is 6.01. The van der Waals surface area contributed by atoms with Crippen molar-refractivity contribution in [3.63, 3.8) is 0 Å². The number of fused-ring (bicyclic) bond motifs is 2. The maximum absolute atomic E-state index is 13.3. The average Bonchev–Trinajstić information content (AvgIpc) is 3.28. The number of ether oxygens (including phenoxy) is 1. The van der Waals surface area contributed by atoms with E-state index >= 15 is 0 Å². The quantitative estimate of drug-likeness (QED) is 0.350. The predicted molar refractivity (Wildman–Crippen MR) is 135 cm³/mol. The number of H-pyrrole nitrogens is 2. The Bertz CT molecular complexity index is 1560. The molecule has 0 radical (unpaired) electrons. The Morgan fingerprint density at radius 1 is 0.971 bits per heavy atom. The van der Waals surface area contributed by atoms with Gasteiger partial charge in [-0.25, -0.2) is 4.98 Å². The van der Waals surface area contributed by atoms with E-state index in [1.165, 1.54) is 0 Å². The van der Waals surface area contributed by atoms with Gasteiger partial charge in [0, 0.05) is 47.3 Å². The minimum Gasteiger partial charge on any atom is -0.378 e. The normalized spacial score (nSPS) is 14.1. The van der Waals surface area contributed by atoms with E-state index in [4.69, 9.17) is 21.3 Å². The molecule has 0 saturated carbocycles. The highest BCUT2D eigenvalue weighted by Gasteiger charge is 2.19. The lowest BCUT2D eigenvalue weighted by molar-refractivity contribution is 0.122. The minimum atomic E-state index is -0.251. The first-order valence-corrected chi connectivity index (χ1v) is 11.4. The summed E-state index contributed by atoms with van der Waals surface area (Å²) in [5.74, 6) is 0.480. The van der Waals surface area contributed by atoms with Gasteiger partial charge >= 0.3 is 0 Å². The van der Waals surface area contributed by atoms with Gasteiger partial charge in [-0.15, -0.1) is 0 Å². The molecule has 8 nitrogen and oxygen atoms in total. The summed E-state index contributed by atoms with van der Waals surface area (Å²) < 4.78 is 5.47. The van der Waals surface area contributed by atoms with Gasteiger partial charge in [0.05, 0.1) is 35.5 Å². The molecule has 9 heteroatoms. The van der Waals surface area contributed by atoms with Gasteiger partial charge in [0.1, 0.15) is 11.4 Å². The van der Waals surface area contributed by atoms with E-state index in [2.05, 4.69) is 31.2 Å². The summed E-state index contributed by atoms with van der Waals surface area (Å²) in [6.07, 6.45) is 3.39. The number of hydrogen-bond donors (Lipinski definition) is 3. The zero-order chi connectivity index (χ0) is 23.1. The molecule has 0 amide bonds. The van der Waals surface area contributed by atoms with Crippen molar-refractivity contribution in [1.82, 2.24) is 19.9 Å². The van der Waals surface area contributed by atoms with Crippen LogP contribution in [0, 0.1) is 0 Å². The van der Waals surface area contributed by atoms with E-state index in [1.807, 2.05) is 30.3 Å². The molecule has 0 spiro atoms. The highest BCUT2D eigenvalue weighted by Crippen LogP contribution is 2.34. The van der Waals surface area contributed by atoms with Gasteiger partial charge in [-0.3, -0.25) is 9.78 Å². The summed E-state index contributed by atoms with van der Waals surface area (Å²) in [5, 5.41) is 4.75. The molecule has 0 bridgehead atoms. The first kappa shape index (κ1) is 20.7. The number of hydrogen-bond acceptors (Lipinski definition) is 6. The number of anilines is 3. The molecular weight excluding hydrogens is 452 g/mol. The largest absolute Gasteiger partial charge is 0.378 e. The SMILES string of the molecule is O=c1[nH]c2ccc(Cl)cc2c(Nc2ccncc2)c1-c1nc2cc(N3CCOCC3)ccc2[nH]1. The molecule has 5 aromatic rings. The molecule has 34 heavy (non-hydrogen) atoms. The number of pyridine rings is 2. The zero-order valence-corrected chi connectivity index (χ0v) is 18.9.